The molecule has 2 aromatic carbocycles. The number of hydrogen-bond donors (Lipinski definition) is 3. The quantitative estimate of drug-likeness (QED) is 0.646. The minimum atomic E-state index is -0.489. The minimum absolute atomic E-state index is 0.143. The maximum atomic E-state index is 13.2. The molecule has 112 valence electrons. The Morgan fingerprint density at radius 3 is 2.91 bits per heavy atom. The zero-order valence-electron chi connectivity index (χ0n) is 11.8. The number of para-hydroxylation sites is 2. The molecule has 1 amide bonds. The average molecular weight is 298 g/mol. The first kappa shape index (κ1) is 14.1. The van der Waals surface area contributed by atoms with E-state index in [9.17, 15) is 9.18 Å². The number of nitrogens with zero attached hydrogens (tertiary/aromatic N) is 1. The Morgan fingerprint density at radius 1 is 1.27 bits per heavy atom. The number of hydrogen-bond acceptors (Lipinski definition) is 3. The van der Waals surface area contributed by atoms with E-state index in [4.69, 9.17) is 5.73 Å². The summed E-state index contributed by atoms with van der Waals surface area (Å²) < 4.78 is 13.2. The van der Waals surface area contributed by atoms with Crippen molar-refractivity contribution in [2.75, 3.05) is 12.3 Å². The van der Waals surface area contributed by atoms with Gasteiger partial charge in [-0.15, -0.1) is 0 Å². The van der Waals surface area contributed by atoms with Gasteiger partial charge in [0.2, 0.25) is 0 Å². The molecule has 1 heterocycles. The van der Waals surface area contributed by atoms with Crippen LogP contribution >= 0.6 is 0 Å². The lowest BCUT2D eigenvalue weighted by Gasteiger charge is -2.06. The average Bonchev–Trinajstić information content (AvgIpc) is 2.92. The standard InChI is InChI=1S/C16H15FN4O/c17-10-5-6-12(18)11(9-10)16(22)19-8-7-15-20-13-3-1-2-4-14(13)21-15/h1-6,9H,7-8,18H2,(H,19,22)(H,20,21). The Hall–Kier alpha value is -2.89. The molecule has 0 unspecified atom stereocenters. The fourth-order valence-corrected chi connectivity index (χ4v) is 2.24. The largest absolute Gasteiger partial charge is 0.398 e. The number of nitrogens with one attached hydrogen (secondary N) is 2. The van der Waals surface area contributed by atoms with Crippen LogP contribution in [-0.2, 0) is 6.42 Å². The first-order chi connectivity index (χ1) is 10.6. The Kier molecular flexibility index (Phi) is 3.74. The molecule has 0 aliphatic rings. The summed E-state index contributed by atoms with van der Waals surface area (Å²) in [6.07, 6.45) is 0.551. The zero-order chi connectivity index (χ0) is 15.5. The third kappa shape index (κ3) is 2.90. The molecule has 0 saturated heterocycles. The predicted molar refractivity (Wildman–Crippen MR) is 82.9 cm³/mol. The number of halogens is 1. The molecule has 6 heteroatoms. The highest BCUT2D eigenvalue weighted by atomic mass is 19.1. The predicted octanol–water partition coefficient (Wildman–Crippen LogP) is 2.26. The monoisotopic (exact) mass is 298 g/mol. The molecule has 0 spiro atoms. The molecule has 0 fully saturated rings. The van der Waals surface area contributed by atoms with Gasteiger partial charge in [0.1, 0.15) is 11.6 Å². The highest BCUT2D eigenvalue weighted by molar-refractivity contribution is 5.99. The van der Waals surface area contributed by atoms with Crippen molar-refractivity contribution in [3.8, 4) is 0 Å². The Labute approximate surface area is 126 Å². The summed E-state index contributed by atoms with van der Waals surface area (Å²) in [4.78, 5) is 19.6. The van der Waals surface area contributed by atoms with Gasteiger partial charge in [-0.2, -0.15) is 0 Å². The van der Waals surface area contributed by atoms with Gasteiger partial charge < -0.3 is 16.0 Å². The van der Waals surface area contributed by atoms with Crippen LogP contribution in [-0.4, -0.2) is 22.4 Å². The van der Waals surface area contributed by atoms with Crippen molar-refractivity contribution >= 4 is 22.6 Å². The number of rotatable bonds is 4. The molecule has 0 atom stereocenters. The summed E-state index contributed by atoms with van der Waals surface area (Å²) in [6, 6.07) is 11.4. The molecular formula is C16H15FN4O. The zero-order valence-corrected chi connectivity index (χ0v) is 11.8. The molecule has 1 aromatic heterocycles. The number of anilines is 1. The molecule has 0 saturated carbocycles. The van der Waals surface area contributed by atoms with Crippen molar-refractivity contribution in [1.82, 2.24) is 15.3 Å². The Balaban J connectivity index is 1.62. The van der Waals surface area contributed by atoms with E-state index in [0.717, 1.165) is 22.9 Å². The van der Waals surface area contributed by atoms with Crippen molar-refractivity contribution in [3.63, 3.8) is 0 Å². The van der Waals surface area contributed by atoms with Gasteiger partial charge in [-0.25, -0.2) is 9.37 Å². The van der Waals surface area contributed by atoms with Crippen LogP contribution in [0.3, 0.4) is 0 Å². The van der Waals surface area contributed by atoms with Gasteiger partial charge in [0.25, 0.3) is 5.91 Å². The van der Waals surface area contributed by atoms with Crippen LogP contribution in [0.15, 0.2) is 42.5 Å². The van der Waals surface area contributed by atoms with Gasteiger partial charge in [-0.05, 0) is 30.3 Å². The fraction of sp³-hybridized carbons (Fsp3) is 0.125. The van der Waals surface area contributed by atoms with E-state index in [2.05, 4.69) is 15.3 Å². The van der Waals surface area contributed by atoms with E-state index in [1.807, 2.05) is 24.3 Å². The fourth-order valence-electron chi connectivity index (χ4n) is 2.24. The number of imidazole rings is 1. The number of fused-ring (bicyclic) bond motifs is 1. The summed E-state index contributed by atoms with van der Waals surface area (Å²) >= 11 is 0. The number of H-pyrrole nitrogens is 1. The maximum absolute atomic E-state index is 13.2. The second kappa shape index (κ2) is 5.85. The summed E-state index contributed by atoms with van der Waals surface area (Å²) in [6.45, 7) is 0.384. The molecular weight excluding hydrogens is 283 g/mol. The van der Waals surface area contributed by atoms with Gasteiger partial charge >= 0.3 is 0 Å². The van der Waals surface area contributed by atoms with E-state index in [1.54, 1.807) is 0 Å². The summed E-state index contributed by atoms with van der Waals surface area (Å²) in [5.41, 5.74) is 7.92. The third-order valence-electron chi connectivity index (χ3n) is 3.35. The molecule has 5 nitrogen and oxygen atoms in total. The second-order valence-corrected chi connectivity index (χ2v) is 4.94. The van der Waals surface area contributed by atoms with Gasteiger partial charge in [0.05, 0.1) is 16.6 Å². The number of aromatic nitrogens is 2. The van der Waals surface area contributed by atoms with Crippen LogP contribution in [0.25, 0.3) is 11.0 Å². The molecule has 3 rings (SSSR count). The number of amides is 1. The SMILES string of the molecule is Nc1ccc(F)cc1C(=O)NCCc1nc2ccccc2[nH]1. The van der Waals surface area contributed by atoms with Crippen molar-refractivity contribution in [3.05, 3.63) is 59.7 Å². The van der Waals surface area contributed by atoms with E-state index in [0.29, 0.717) is 13.0 Å². The van der Waals surface area contributed by atoms with E-state index in [1.165, 1.54) is 12.1 Å². The Morgan fingerprint density at radius 2 is 2.09 bits per heavy atom. The number of carbonyl (C=O) groups is 1. The number of nitrogen functional groups attached to an aromatic ring is 1. The van der Waals surface area contributed by atoms with E-state index >= 15 is 0 Å². The molecule has 22 heavy (non-hydrogen) atoms. The molecule has 0 radical (unpaired) electrons. The third-order valence-corrected chi connectivity index (χ3v) is 3.35. The minimum Gasteiger partial charge on any atom is -0.398 e. The van der Waals surface area contributed by atoms with Crippen molar-refractivity contribution in [1.29, 1.82) is 0 Å². The van der Waals surface area contributed by atoms with Crippen LogP contribution in [0.2, 0.25) is 0 Å². The highest BCUT2D eigenvalue weighted by Gasteiger charge is 2.10. The van der Waals surface area contributed by atoms with Crippen LogP contribution < -0.4 is 11.1 Å². The van der Waals surface area contributed by atoms with E-state index < -0.39 is 11.7 Å². The van der Waals surface area contributed by atoms with Crippen molar-refractivity contribution < 1.29 is 9.18 Å². The van der Waals surface area contributed by atoms with Crippen LogP contribution in [0.1, 0.15) is 16.2 Å². The number of nitrogens with two attached hydrogens (primary N) is 1. The van der Waals surface area contributed by atoms with E-state index in [-0.39, 0.29) is 11.3 Å². The summed E-state index contributed by atoms with van der Waals surface area (Å²) in [5, 5.41) is 2.71. The lowest BCUT2D eigenvalue weighted by Crippen LogP contribution is -2.26. The first-order valence-electron chi connectivity index (χ1n) is 6.90. The van der Waals surface area contributed by atoms with Crippen LogP contribution in [0, 0.1) is 5.82 Å². The number of aromatic amines is 1. The van der Waals surface area contributed by atoms with Gasteiger partial charge in [0, 0.05) is 18.7 Å². The van der Waals surface area contributed by atoms with Crippen molar-refractivity contribution in [2.45, 2.75) is 6.42 Å². The molecule has 0 aliphatic carbocycles. The first-order valence-corrected chi connectivity index (χ1v) is 6.90. The molecule has 3 aromatic rings. The van der Waals surface area contributed by atoms with Gasteiger partial charge in [0.15, 0.2) is 0 Å². The van der Waals surface area contributed by atoms with Gasteiger partial charge in [-0.1, -0.05) is 12.1 Å². The van der Waals surface area contributed by atoms with Crippen LogP contribution in [0.5, 0.6) is 0 Å². The number of benzene rings is 2. The normalized spacial score (nSPS) is 10.8. The maximum Gasteiger partial charge on any atom is 0.253 e. The number of carbonyl (C=O) groups excluding carboxylic acids is 1. The lowest BCUT2D eigenvalue weighted by atomic mass is 10.1. The Bertz CT molecular complexity index is 795. The lowest BCUT2D eigenvalue weighted by molar-refractivity contribution is 0.0954. The second-order valence-electron chi connectivity index (χ2n) is 4.94. The van der Waals surface area contributed by atoms with Gasteiger partial charge in [-0.3, -0.25) is 4.79 Å². The molecule has 4 N–H and O–H groups in total. The molecule has 0 bridgehead atoms. The summed E-state index contributed by atoms with van der Waals surface area (Å²) in [7, 11) is 0. The topological polar surface area (TPSA) is 83.8 Å². The molecule has 0 aliphatic heterocycles. The smallest absolute Gasteiger partial charge is 0.253 e. The summed E-state index contributed by atoms with van der Waals surface area (Å²) in [5.74, 6) is -0.0986. The highest BCUT2D eigenvalue weighted by Crippen LogP contribution is 2.13. The van der Waals surface area contributed by atoms with Crippen LogP contribution in [0.4, 0.5) is 10.1 Å². The van der Waals surface area contributed by atoms with Crippen molar-refractivity contribution in [2.24, 2.45) is 0 Å².